The molecule has 1 heterocycles. The van der Waals surface area contributed by atoms with Gasteiger partial charge in [-0.3, -0.25) is 4.68 Å². The van der Waals surface area contributed by atoms with Gasteiger partial charge >= 0.3 is 0 Å². The van der Waals surface area contributed by atoms with Crippen molar-refractivity contribution >= 4 is 11.6 Å². The molecule has 0 fully saturated rings. The van der Waals surface area contributed by atoms with Crippen LogP contribution < -0.4 is 0 Å². The van der Waals surface area contributed by atoms with E-state index in [1.54, 1.807) is 0 Å². The molecule has 0 saturated carbocycles. The molecule has 0 aromatic carbocycles. The normalized spacial score (nSPS) is 15.4. The van der Waals surface area contributed by atoms with Gasteiger partial charge in [-0.2, -0.15) is 5.10 Å². The minimum atomic E-state index is 0.112. The van der Waals surface area contributed by atoms with Crippen LogP contribution in [-0.2, 0) is 6.54 Å². The number of hydrogen-bond donors (Lipinski definition) is 0. The molecule has 0 amide bonds. The Morgan fingerprint density at radius 2 is 2.14 bits per heavy atom. The third-order valence-corrected chi connectivity index (χ3v) is 3.13. The lowest BCUT2D eigenvalue weighted by Crippen LogP contribution is -2.06. The lowest BCUT2D eigenvalue weighted by atomic mass is 10.1. The minimum Gasteiger partial charge on any atom is -0.272 e. The van der Waals surface area contributed by atoms with Crippen molar-refractivity contribution in [2.24, 2.45) is 5.92 Å². The number of hydrogen-bond acceptors (Lipinski definition) is 1. The van der Waals surface area contributed by atoms with Gasteiger partial charge < -0.3 is 0 Å². The van der Waals surface area contributed by atoms with Gasteiger partial charge in [-0.15, -0.1) is 11.6 Å². The van der Waals surface area contributed by atoms with E-state index in [1.807, 2.05) is 10.9 Å². The SMILES string of the molecule is CCC(C)Cn1cc(C(Cl)CC)cn1. The average Bonchev–Trinajstić information content (AvgIpc) is 2.65. The molecule has 0 bridgehead atoms. The van der Waals surface area contributed by atoms with Crippen LogP contribution in [0.15, 0.2) is 12.4 Å². The molecule has 0 aliphatic carbocycles. The molecular formula is C11H19ClN2. The van der Waals surface area contributed by atoms with Crippen molar-refractivity contribution in [1.29, 1.82) is 0 Å². The first-order valence-electron chi connectivity index (χ1n) is 5.33. The zero-order chi connectivity index (χ0) is 10.6. The van der Waals surface area contributed by atoms with Gasteiger partial charge in [-0.1, -0.05) is 27.2 Å². The van der Waals surface area contributed by atoms with Crippen molar-refractivity contribution in [3.05, 3.63) is 18.0 Å². The van der Waals surface area contributed by atoms with Gasteiger partial charge in [-0.05, 0) is 12.3 Å². The summed E-state index contributed by atoms with van der Waals surface area (Å²) in [4.78, 5) is 0. The molecule has 0 spiro atoms. The van der Waals surface area contributed by atoms with Crippen molar-refractivity contribution in [2.75, 3.05) is 0 Å². The van der Waals surface area contributed by atoms with Gasteiger partial charge in [0.1, 0.15) is 0 Å². The van der Waals surface area contributed by atoms with E-state index in [9.17, 15) is 0 Å². The van der Waals surface area contributed by atoms with Crippen molar-refractivity contribution < 1.29 is 0 Å². The summed E-state index contributed by atoms with van der Waals surface area (Å²) in [6.07, 6.45) is 6.08. The number of alkyl halides is 1. The summed E-state index contributed by atoms with van der Waals surface area (Å²) in [5.41, 5.74) is 1.14. The van der Waals surface area contributed by atoms with Crippen LogP contribution in [0.25, 0.3) is 0 Å². The van der Waals surface area contributed by atoms with E-state index >= 15 is 0 Å². The summed E-state index contributed by atoms with van der Waals surface area (Å²) < 4.78 is 1.99. The van der Waals surface area contributed by atoms with Crippen LogP contribution in [0.1, 0.15) is 44.6 Å². The smallest absolute Gasteiger partial charge is 0.0613 e. The van der Waals surface area contributed by atoms with Gasteiger partial charge in [0.25, 0.3) is 0 Å². The molecule has 1 aromatic heterocycles. The van der Waals surface area contributed by atoms with E-state index in [1.165, 1.54) is 6.42 Å². The molecule has 0 N–H and O–H groups in total. The third-order valence-electron chi connectivity index (χ3n) is 2.57. The molecule has 2 unspecified atom stereocenters. The largest absolute Gasteiger partial charge is 0.272 e. The highest BCUT2D eigenvalue weighted by Gasteiger charge is 2.08. The first-order valence-corrected chi connectivity index (χ1v) is 5.77. The van der Waals surface area contributed by atoms with E-state index in [4.69, 9.17) is 11.6 Å². The Labute approximate surface area is 91.3 Å². The van der Waals surface area contributed by atoms with E-state index in [2.05, 4.69) is 32.1 Å². The number of rotatable bonds is 5. The monoisotopic (exact) mass is 214 g/mol. The van der Waals surface area contributed by atoms with Gasteiger partial charge in [-0.25, -0.2) is 0 Å². The van der Waals surface area contributed by atoms with Crippen LogP contribution in [0.5, 0.6) is 0 Å². The fraction of sp³-hybridized carbons (Fsp3) is 0.727. The fourth-order valence-electron chi connectivity index (χ4n) is 1.33. The molecule has 2 atom stereocenters. The highest BCUT2D eigenvalue weighted by atomic mass is 35.5. The Morgan fingerprint density at radius 1 is 1.43 bits per heavy atom. The average molecular weight is 215 g/mol. The molecule has 14 heavy (non-hydrogen) atoms. The molecular weight excluding hydrogens is 196 g/mol. The summed E-state index contributed by atoms with van der Waals surface area (Å²) in [6, 6.07) is 0. The number of nitrogens with zero attached hydrogens (tertiary/aromatic N) is 2. The lowest BCUT2D eigenvalue weighted by molar-refractivity contribution is 0.439. The molecule has 0 aliphatic rings. The van der Waals surface area contributed by atoms with E-state index in [0.717, 1.165) is 18.5 Å². The number of halogens is 1. The Balaban J connectivity index is 2.59. The second-order valence-electron chi connectivity index (χ2n) is 3.88. The van der Waals surface area contributed by atoms with Crippen molar-refractivity contribution in [3.63, 3.8) is 0 Å². The molecule has 0 radical (unpaired) electrons. The van der Waals surface area contributed by atoms with Gasteiger partial charge in [0.15, 0.2) is 0 Å². The molecule has 0 aliphatic heterocycles. The lowest BCUT2D eigenvalue weighted by Gasteiger charge is -2.07. The van der Waals surface area contributed by atoms with Gasteiger partial charge in [0.05, 0.1) is 11.6 Å². The fourth-order valence-corrected chi connectivity index (χ4v) is 1.44. The van der Waals surface area contributed by atoms with E-state index in [-0.39, 0.29) is 5.38 Å². The van der Waals surface area contributed by atoms with Crippen LogP contribution in [-0.4, -0.2) is 9.78 Å². The highest BCUT2D eigenvalue weighted by Crippen LogP contribution is 2.23. The predicted octanol–water partition coefficient (Wildman–Crippen LogP) is 3.62. The van der Waals surface area contributed by atoms with E-state index in [0.29, 0.717) is 5.92 Å². The molecule has 0 saturated heterocycles. The Bertz CT molecular complexity index is 270. The summed E-state index contributed by atoms with van der Waals surface area (Å²) in [5.74, 6) is 0.679. The van der Waals surface area contributed by atoms with Crippen LogP contribution >= 0.6 is 11.6 Å². The van der Waals surface area contributed by atoms with E-state index < -0.39 is 0 Å². The summed E-state index contributed by atoms with van der Waals surface area (Å²) in [5, 5.41) is 4.42. The second kappa shape index (κ2) is 5.40. The Kier molecular flexibility index (Phi) is 4.46. The first kappa shape index (κ1) is 11.6. The van der Waals surface area contributed by atoms with Gasteiger partial charge in [0.2, 0.25) is 0 Å². The first-order chi connectivity index (χ1) is 6.67. The third kappa shape index (κ3) is 3.02. The topological polar surface area (TPSA) is 17.8 Å². The number of aromatic nitrogens is 2. The predicted molar refractivity (Wildman–Crippen MR) is 60.6 cm³/mol. The maximum atomic E-state index is 6.12. The zero-order valence-electron chi connectivity index (χ0n) is 9.20. The maximum Gasteiger partial charge on any atom is 0.0613 e. The molecule has 3 heteroatoms. The maximum absolute atomic E-state index is 6.12. The van der Waals surface area contributed by atoms with Crippen LogP contribution in [0.2, 0.25) is 0 Å². The van der Waals surface area contributed by atoms with Crippen LogP contribution in [0, 0.1) is 5.92 Å². The second-order valence-corrected chi connectivity index (χ2v) is 4.41. The zero-order valence-corrected chi connectivity index (χ0v) is 9.96. The van der Waals surface area contributed by atoms with Crippen molar-refractivity contribution in [3.8, 4) is 0 Å². The molecule has 1 rings (SSSR count). The van der Waals surface area contributed by atoms with Crippen molar-refractivity contribution in [2.45, 2.75) is 45.5 Å². The molecule has 80 valence electrons. The van der Waals surface area contributed by atoms with Gasteiger partial charge in [0, 0.05) is 18.3 Å². The summed E-state index contributed by atoms with van der Waals surface area (Å²) >= 11 is 6.12. The molecule has 1 aromatic rings. The quantitative estimate of drug-likeness (QED) is 0.685. The van der Waals surface area contributed by atoms with Crippen LogP contribution in [0.4, 0.5) is 0 Å². The Hall–Kier alpha value is -0.500. The summed E-state index contributed by atoms with van der Waals surface area (Å²) in [6.45, 7) is 7.51. The highest BCUT2D eigenvalue weighted by molar-refractivity contribution is 6.20. The Morgan fingerprint density at radius 3 is 2.71 bits per heavy atom. The summed E-state index contributed by atoms with van der Waals surface area (Å²) in [7, 11) is 0. The standard InChI is InChI=1S/C11H19ClN2/c1-4-9(3)7-14-8-10(6-13-14)11(12)5-2/h6,8-9,11H,4-5,7H2,1-3H3. The minimum absolute atomic E-state index is 0.112. The molecule has 2 nitrogen and oxygen atoms in total. The van der Waals surface area contributed by atoms with Crippen LogP contribution in [0.3, 0.4) is 0 Å². The van der Waals surface area contributed by atoms with Crippen molar-refractivity contribution in [1.82, 2.24) is 9.78 Å².